The van der Waals surface area contributed by atoms with Crippen LogP contribution in [0.25, 0.3) is 0 Å². The topological polar surface area (TPSA) is 40.6 Å². The molecule has 0 bridgehead atoms. The molecule has 3 aromatic rings. The van der Waals surface area contributed by atoms with Crippen molar-refractivity contribution in [2.75, 3.05) is 6.54 Å². The molecule has 30 heavy (non-hydrogen) atoms. The minimum Gasteiger partial charge on any atom is -0.332 e. The van der Waals surface area contributed by atoms with Gasteiger partial charge in [-0.25, -0.2) is 0 Å². The van der Waals surface area contributed by atoms with Crippen LogP contribution >= 0.6 is 27.3 Å². The van der Waals surface area contributed by atoms with Crippen LogP contribution in [0, 0.1) is 0 Å². The molecule has 1 aromatic heterocycles. The molecule has 0 N–H and O–H groups in total. The predicted octanol–water partition coefficient (Wildman–Crippen LogP) is 5.59. The monoisotopic (exact) mass is 484 g/mol. The molecule has 0 aliphatic heterocycles. The second-order valence-electron chi connectivity index (χ2n) is 7.35. The van der Waals surface area contributed by atoms with Gasteiger partial charge in [0.2, 0.25) is 5.91 Å². The zero-order chi connectivity index (χ0) is 21.5. The highest BCUT2D eigenvalue weighted by molar-refractivity contribution is 9.10. The summed E-state index contributed by atoms with van der Waals surface area (Å²) in [5, 5.41) is 2.01. The largest absolute Gasteiger partial charge is 0.332 e. The number of hydrogen-bond donors (Lipinski definition) is 0. The van der Waals surface area contributed by atoms with Crippen LogP contribution in [-0.4, -0.2) is 34.2 Å². The number of rotatable bonds is 8. The molecule has 0 aliphatic rings. The number of carbonyl (C=O) groups is 2. The van der Waals surface area contributed by atoms with Gasteiger partial charge in [0.25, 0.3) is 5.91 Å². The summed E-state index contributed by atoms with van der Waals surface area (Å²) in [6, 6.07) is 21.1. The SMILES string of the molecule is CC(C)N(CC(=O)N(Cc1ccccc1)Cc1cccs1)C(=O)c1cccc(Br)c1. The molecule has 156 valence electrons. The number of nitrogens with zero attached hydrogens (tertiary/aromatic N) is 2. The van der Waals surface area contributed by atoms with Gasteiger partial charge in [0, 0.05) is 27.5 Å². The molecule has 0 atom stereocenters. The summed E-state index contributed by atoms with van der Waals surface area (Å²) in [5.41, 5.74) is 1.63. The third-order valence-corrected chi connectivity index (χ3v) is 6.11. The standard InChI is InChI=1S/C24H25BrN2O2S/c1-18(2)27(24(29)20-10-6-11-21(25)14-20)17-23(28)26(16-22-12-7-13-30-22)15-19-8-4-3-5-9-19/h3-14,18H,15-17H2,1-2H3. The molecule has 1 heterocycles. The van der Waals surface area contributed by atoms with Crippen molar-refractivity contribution >= 4 is 39.1 Å². The Bertz CT molecular complexity index is 974. The average molecular weight is 485 g/mol. The van der Waals surface area contributed by atoms with Crippen molar-refractivity contribution in [3.05, 3.63) is 92.6 Å². The Kier molecular flexibility index (Phi) is 7.82. The van der Waals surface area contributed by atoms with Crippen LogP contribution in [0.2, 0.25) is 0 Å². The Morgan fingerprint density at radius 2 is 1.73 bits per heavy atom. The van der Waals surface area contributed by atoms with Crippen LogP contribution in [0.3, 0.4) is 0 Å². The van der Waals surface area contributed by atoms with Crippen molar-refractivity contribution in [2.24, 2.45) is 0 Å². The van der Waals surface area contributed by atoms with Crippen LogP contribution in [-0.2, 0) is 17.9 Å². The van der Waals surface area contributed by atoms with Gasteiger partial charge < -0.3 is 9.80 Å². The summed E-state index contributed by atoms with van der Waals surface area (Å²) in [5.74, 6) is -0.209. The van der Waals surface area contributed by atoms with E-state index in [1.807, 2.05) is 78.7 Å². The molecule has 0 spiro atoms. The van der Waals surface area contributed by atoms with Crippen LogP contribution < -0.4 is 0 Å². The van der Waals surface area contributed by atoms with E-state index in [2.05, 4.69) is 15.9 Å². The Labute approximate surface area is 190 Å². The Hall–Kier alpha value is -2.44. The maximum Gasteiger partial charge on any atom is 0.254 e. The Morgan fingerprint density at radius 1 is 0.967 bits per heavy atom. The fraction of sp³-hybridized carbons (Fsp3) is 0.250. The van der Waals surface area contributed by atoms with Crippen molar-refractivity contribution in [3.8, 4) is 0 Å². The first-order chi connectivity index (χ1) is 14.4. The quantitative estimate of drug-likeness (QED) is 0.418. The molecule has 0 unspecified atom stereocenters. The van der Waals surface area contributed by atoms with E-state index >= 15 is 0 Å². The van der Waals surface area contributed by atoms with Gasteiger partial charge in [0.15, 0.2) is 0 Å². The lowest BCUT2D eigenvalue weighted by atomic mass is 10.1. The fourth-order valence-corrected chi connectivity index (χ4v) is 4.27. The van der Waals surface area contributed by atoms with Crippen molar-refractivity contribution < 1.29 is 9.59 Å². The second kappa shape index (κ2) is 10.5. The van der Waals surface area contributed by atoms with E-state index in [1.165, 1.54) is 0 Å². The summed E-state index contributed by atoms with van der Waals surface area (Å²) < 4.78 is 0.840. The van der Waals surface area contributed by atoms with E-state index < -0.39 is 0 Å². The number of hydrogen-bond acceptors (Lipinski definition) is 3. The molecule has 0 fully saturated rings. The highest BCUT2D eigenvalue weighted by atomic mass is 79.9. The minimum absolute atomic E-state index is 0.0429. The molecular formula is C24H25BrN2O2S. The minimum atomic E-state index is -0.143. The molecule has 0 saturated carbocycles. The van der Waals surface area contributed by atoms with E-state index in [1.54, 1.807) is 28.4 Å². The third-order valence-electron chi connectivity index (χ3n) is 4.76. The van der Waals surface area contributed by atoms with Crippen LogP contribution in [0.5, 0.6) is 0 Å². The highest BCUT2D eigenvalue weighted by Gasteiger charge is 2.25. The lowest BCUT2D eigenvalue weighted by Gasteiger charge is -2.30. The van der Waals surface area contributed by atoms with Gasteiger partial charge in [-0.2, -0.15) is 0 Å². The van der Waals surface area contributed by atoms with E-state index in [9.17, 15) is 9.59 Å². The molecular weight excluding hydrogens is 460 g/mol. The van der Waals surface area contributed by atoms with Gasteiger partial charge >= 0.3 is 0 Å². The zero-order valence-electron chi connectivity index (χ0n) is 17.1. The van der Waals surface area contributed by atoms with Gasteiger partial charge in [0.1, 0.15) is 6.54 Å². The Balaban J connectivity index is 1.79. The van der Waals surface area contributed by atoms with Gasteiger partial charge in [-0.15, -0.1) is 11.3 Å². The van der Waals surface area contributed by atoms with Crippen LogP contribution in [0.15, 0.2) is 76.6 Å². The lowest BCUT2D eigenvalue weighted by molar-refractivity contribution is -0.133. The normalized spacial score (nSPS) is 10.8. The number of thiophene rings is 1. The molecule has 0 aliphatic carbocycles. The van der Waals surface area contributed by atoms with E-state index in [-0.39, 0.29) is 24.4 Å². The van der Waals surface area contributed by atoms with Crippen molar-refractivity contribution in [2.45, 2.75) is 33.0 Å². The summed E-state index contributed by atoms with van der Waals surface area (Å²) in [4.78, 5) is 31.0. The molecule has 6 heteroatoms. The molecule has 0 saturated heterocycles. The van der Waals surface area contributed by atoms with Gasteiger partial charge in [0.05, 0.1) is 6.54 Å². The summed E-state index contributed by atoms with van der Waals surface area (Å²) >= 11 is 5.05. The van der Waals surface area contributed by atoms with Gasteiger partial charge in [-0.05, 0) is 49.1 Å². The van der Waals surface area contributed by atoms with Crippen molar-refractivity contribution in [3.63, 3.8) is 0 Å². The molecule has 3 rings (SSSR count). The first kappa shape index (κ1) is 22.2. The van der Waals surface area contributed by atoms with Gasteiger partial charge in [-0.3, -0.25) is 9.59 Å². The molecule has 2 amide bonds. The summed E-state index contributed by atoms with van der Waals surface area (Å²) in [7, 11) is 0. The van der Waals surface area contributed by atoms with E-state index in [0.717, 1.165) is 14.9 Å². The van der Waals surface area contributed by atoms with Crippen molar-refractivity contribution in [1.29, 1.82) is 0 Å². The van der Waals surface area contributed by atoms with Crippen LogP contribution in [0.4, 0.5) is 0 Å². The average Bonchev–Trinajstić information content (AvgIpc) is 3.24. The fourth-order valence-electron chi connectivity index (χ4n) is 3.15. The third kappa shape index (κ3) is 6.03. The number of halogens is 1. The van der Waals surface area contributed by atoms with E-state index in [0.29, 0.717) is 18.7 Å². The molecule has 4 nitrogen and oxygen atoms in total. The summed E-state index contributed by atoms with van der Waals surface area (Å²) in [6.45, 7) is 4.95. The molecule has 2 aromatic carbocycles. The number of amides is 2. The maximum absolute atomic E-state index is 13.3. The molecule has 0 radical (unpaired) electrons. The summed E-state index contributed by atoms with van der Waals surface area (Å²) in [6.07, 6.45) is 0. The lowest BCUT2D eigenvalue weighted by Crippen LogP contribution is -2.45. The van der Waals surface area contributed by atoms with Crippen LogP contribution in [0.1, 0.15) is 34.6 Å². The second-order valence-corrected chi connectivity index (χ2v) is 9.30. The highest BCUT2D eigenvalue weighted by Crippen LogP contribution is 2.18. The van der Waals surface area contributed by atoms with E-state index in [4.69, 9.17) is 0 Å². The first-order valence-corrected chi connectivity index (χ1v) is 11.5. The zero-order valence-corrected chi connectivity index (χ0v) is 19.5. The maximum atomic E-state index is 13.3. The smallest absolute Gasteiger partial charge is 0.254 e. The van der Waals surface area contributed by atoms with Crippen molar-refractivity contribution in [1.82, 2.24) is 9.80 Å². The predicted molar refractivity (Wildman–Crippen MR) is 125 cm³/mol. The first-order valence-electron chi connectivity index (χ1n) is 9.84. The van der Waals surface area contributed by atoms with Gasteiger partial charge in [-0.1, -0.05) is 58.4 Å². The Morgan fingerprint density at radius 3 is 2.37 bits per heavy atom. The number of carbonyl (C=O) groups excluding carboxylic acids is 2. The number of benzene rings is 2.